The lowest BCUT2D eigenvalue weighted by Gasteiger charge is -2.26. The molecule has 0 saturated heterocycles. The summed E-state index contributed by atoms with van der Waals surface area (Å²) >= 11 is 5.84. The molecule has 5 nitrogen and oxygen atoms in total. The highest BCUT2D eigenvalue weighted by Crippen LogP contribution is 2.37. The van der Waals surface area contributed by atoms with E-state index < -0.39 is 44.3 Å². The van der Waals surface area contributed by atoms with Crippen LogP contribution in [0.3, 0.4) is 0 Å². The molecule has 1 amide bonds. The summed E-state index contributed by atoms with van der Waals surface area (Å²) in [5.74, 6) is -2.53. The minimum absolute atomic E-state index is 0.105. The number of sulfone groups is 1. The summed E-state index contributed by atoms with van der Waals surface area (Å²) < 4.78 is 60.2. The number of rotatable bonds is 6. The molecule has 0 aromatic heterocycles. The third-order valence-corrected chi connectivity index (χ3v) is 6.78. The van der Waals surface area contributed by atoms with E-state index in [1.54, 1.807) is 20.8 Å². The van der Waals surface area contributed by atoms with Crippen molar-refractivity contribution in [2.75, 3.05) is 6.61 Å². The molecule has 0 aliphatic heterocycles. The summed E-state index contributed by atoms with van der Waals surface area (Å²) in [6.07, 6.45) is -0.739. The monoisotopic (exact) mass is 459 g/mol. The van der Waals surface area contributed by atoms with E-state index >= 15 is 0 Å². The molecule has 2 unspecified atom stereocenters. The summed E-state index contributed by atoms with van der Waals surface area (Å²) in [6, 6.07) is 8.00. The smallest absolute Gasteiger partial charge is 0.407 e. The van der Waals surface area contributed by atoms with Crippen LogP contribution in [0.2, 0.25) is 5.02 Å². The van der Waals surface area contributed by atoms with Gasteiger partial charge in [-0.25, -0.2) is 22.0 Å². The minimum Gasteiger partial charge on any atom is -0.449 e. The van der Waals surface area contributed by atoms with Crippen LogP contribution >= 0.6 is 11.6 Å². The molecule has 1 N–H and O–H groups in total. The summed E-state index contributed by atoms with van der Waals surface area (Å²) in [4.78, 5) is 11.9. The first-order valence-corrected chi connectivity index (χ1v) is 11.1. The molecule has 0 radical (unpaired) electrons. The zero-order chi connectivity index (χ0) is 22.7. The largest absolute Gasteiger partial charge is 0.449 e. The first-order chi connectivity index (χ1) is 13.8. The van der Waals surface area contributed by atoms with Gasteiger partial charge in [-0.1, -0.05) is 18.5 Å². The highest BCUT2D eigenvalue weighted by Gasteiger charge is 2.37. The van der Waals surface area contributed by atoms with Crippen LogP contribution in [0.4, 0.5) is 13.6 Å². The molecule has 0 heterocycles. The number of carbonyl (C=O) groups excluding carboxylic acids is 1. The Kier molecular flexibility index (Phi) is 7.47. The zero-order valence-corrected chi connectivity index (χ0v) is 18.7. The average Bonchev–Trinajstić information content (AvgIpc) is 2.62. The van der Waals surface area contributed by atoms with Crippen LogP contribution in [0.25, 0.3) is 0 Å². The van der Waals surface area contributed by atoms with E-state index in [0.29, 0.717) is 5.02 Å². The van der Waals surface area contributed by atoms with Gasteiger partial charge in [0.25, 0.3) is 0 Å². The molecule has 0 bridgehead atoms. The number of benzene rings is 2. The van der Waals surface area contributed by atoms with E-state index in [9.17, 15) is 22.0 Å². The van der Waals surface area contributed by atoms with Gasteiger partial charge < -0.3 is 10.1 Å². The Morgan fingerprint density at radius 3 is 2.30 bits per heavy atom. The second kappa shape index (κ2) is 9.31. The van der Waals surface area contributed by atoms with Crippen molar-refractivity contribution in [2.24, 2.45) is 5.92 Å². The van der Waals surface area contributed by atoms with Crippen molar-refractivity contribution in [3.63, 3.8) is 0 Å². The van der Waals surface area contributed by atoms with Crippen molar-refractivity contribution in [1.29, 1.82) is 0 Å². The van der Waals surface area contributed by atoms with Crippen molar-refractivity contribution in [3.8, 4) is 0 Å². The summed E-state index contributed by atoms with van der Waals surface area (Å²) in [5, 5.41) is 1.43. The number of carbonyl (C=O) groups is 1. The number of halogens is 3. The molecule has 30 heavy (non-hydrogen) atoms. The van der Waals surface area contributed by atoms with Gasteiger partial charge >= 0.3 is 6.09 Å². The molecule has 2 aromatic carbocycles. The molecule has 164 valence electrons. The van der Waals surface area contributed by atoms with Crippen LogP contribution < -0.4 is 5.32 Å². The molecule has 0 aliphatic rings. The maximum atomic E-state index is 14.5. The van der Waals surface area contributed by atoms with E-state index in [1.807, 2.05) is 0 Å². The fourth-order valence-corrected chi connectivity index (χ4v) is 5.06. The quantitative estimate of drug-likeness (QED) is 0.636. The molecular weight excluding hydrogens is 436 g/mol. The number of ether oxygens (including phenoxy) is 1. The molecule has 0 saturated carbocycles. The van der Waals surface area contributed by atoms with Crippen LogP contribution in [0, 0.1) is 17.6 Å². The van der Waals surface area contributed by atoms with E-state index in [4.69, 9.17) is 16.3 Å². The van der Waals surface area contributed by atoms with Gasteiger partial charge in [-0.3, -0.25) is 0 Å². The Hall–Kier alpha value is -2.19. The summed E-state index contributed by atoms with van der Waals surface area (Å²) in [5.41, 5.74) is -0.888. The predicted octanol–water partition coefficient (Wildman–Crippen LogP) is 5.29. The van der Waals surface area contributed by atoms with E-state index in [-0.39, 0.29) is 17.1 Å². The Morgan fingerprint density at radius 1 is 1.13 bits per heavy atom. The fraction of sp³-hybridized carbons (Fsp3) is 0.381. The molecule has 0 aliphatic carbocycles. The van der Waals surface area contributed by atoms with Crippen LogP contribution in [-0.4, -0.2) is 26.7 Å². The highest BCUT2D eigenvalue weighted by atomic mass is 35.5. The average molecular weight is 460 g/mol. The Morgan fingerprint density at radius 2 is 1.73 bits per heavy atom. The molecule has 2 rings (SSSR count). The van der Waals surface area contributed by atoms with Gasteiger partial charge in [0.05, 0.1) is 16.8 Å². The number of hydrogen-bond donors (Lipinski definition) is 1. The van der Waals surface area contributed by atoms with E-state index in [0.717, 1.165) is 18.2 Å². The van der Waals surface area contributed by atoms with Crippen molar-refractivity contribution in [1.82, 2.24) is 5.32 Å². The standard InChI is InChI=1S/C21H24ClF2NO4S/c1-13(12-29-20(26)25-21(2,3)4)19(17-11-15(23)7-10-18(17)24)30(27,28)16-8-5-14(22)6-9-16/h5-11,13,19H,12H2,1-4H3,(H,25,26). The molecule has 2 aromatic rings. The summed E-state index contributed by atoms with van der Waals surface area (Å²) in [7, 11) is -4.17. The number of nitrogens with one attached hydrogen (secondary N) is 1. The van der Waals surface area contributed by atoms with Crippen molar-refractivity contribution in [2.45, 2.75) is 43.4 Å². The topological polar surface area (TPSA) is 72.5 Å². The lowest BCUT2D eigenvalue weighted by Crippen LogP contribution is -2.41. The van der Waals surface area contributed by atoms with Crippen LogP contribution in [0.15, 0.2) is 47.4 Å². The van der Waals surface area contributed by atoms with Crippen LogP contribution in [-0.2, 0) is 14.6 Å². The fourth-order valence-electron chi connectivity index (χ4n) is 2.92. The SMILES string of the molecule is CC(COC(=O)NC(C)(C)C)C(c1cc(F)ccc1F)S(=O)(=O)c1ccc(Cl)cc1. The lowest BCUT2D eigenvalue weighted by molar-refractivity contribution is 0.121. The third kappa shape index (κ3) is 6.15. The van der Waals surface area contributed by atoms with Crippen LogP contribution in [0.1, 0.15) is 38.5 Å². The van der Waals surface area contributed by atoms with Gasteiger partial charge in [0, 0.05) is 22.0 Å². The van der Waals surface area contributed by atoms with Gasteiger partial charge in [-0.15, -0.1) is 0 Å². The maximum Gasteiger partial charge on any atom is 0.407 e. The predicted molar refractivity (Wildman–Crippen MR) is 111 cm³/mol. The molecule has 2 atom stereocenters. The molecular formula is C21H24ClF2NO4S. The van der Waals surface area contributed by atoms with Gasteiger partial charge in [0.15, 0.2) is 9.84 Å². The third-order valence-electron chi connectivity index (χ3n) is 4.21. The number of alkyl carbamates (subject to hydrolysis) is 1. The summed E-state index contributed by atoms with van der Waals surface area (Å²) in [6.45, 7) is 6.44. The molecule has 9 heteroatoms. The Balaban J connectivity index is 2.42. The second-order valence-corrected chi connectivity index (χ2v) is 10.5. The molecule has 0 spiro atoms. The van der Waals surface area contributed by atoms with Gasteiger partial charge in [-0.05, 0) is 63.2 Å². The first kappa shape index (κ1) is 24.1. The second-order valence-electron chi connectivity index (χ2n) is 8.04. The van der Waals surface area contributed by atoms with Crippen LogP contribution in [0.5, 0.6) is 0 Å². The Bertz CT molecular complexity index is 1000. The van der Waals surface area contributed by atoms with E-state index in [2.05, 4.69) is 5.32 Å². The lowest BCUT2D eigenvalue weighted by atomic mass is 10.0. The Labute approximate surface area is 180 Å². The van der Waals surface area contributed by atoms with Crippen molar-refractivity contribution < 1.29 is 26.7 Å². The number of amides is 1. The van der Waals surface area contributed by atoms with Gasteiger partial charge in [0.2, 0.25) is 0 Å². The van der Waals surface area contributed by atoms with Crippen molar-refractivity contribution in [3.05, 3.63) is 64.7 Å². The maximum absolute atomic E-state index is 14.5. The first-order valence-electron chi connectivity index (χ1n) is 9.20. The number of hydrogen-bond acceptors (Lipinski definition) is 4. The normalized spacial score (nSPS) is 14.1. The van der Waals surface area contributed by atoms with Crippen molar-refractivity contribution >= 4 is 27.5 Å². The van der Waals surface area contributed by atoms with Gasteiger partial charge in [-0.2, -0.15) is 0 Å². The minimum atomic E-state index is -4.17. The van der Waals surface area contributed by atoms with Gasteiger partial charge in [0.1, 0.15) is 11.6 Å². The highest BCUT2D eigenvalue weighted by molar-refractivity contribution is 7.91. The molecule has 0 fully saturated rings. The van der Waals surface area contributed by atoms with E-state index in [1.165, 1.54) is 31.2 Å². The zero-order valence-electron chi connectivity index (χ0n) is 17.1.